The molecule has 232 valence electrons. The van der Waals surface area contributed by atoms with Crippen molar-refractivity contribution in [2.45, 2.75) is 78.2 Å². The molecule has 11 nitrogen and oxygen atoms in total. The van der Waals surface area contributed by atoms with Crippen molar-refractivity contribution in [1.82, 2.24) is 34.9 Å². The lowest BCUT2D eigenvalue weighted by Crippen LogP contribution is -2.26. The van der Waals surface area contributed by atoms with E-state index in [1.807, 2.05) is 41.5 Å². The Hall–Kier alpha value is -4.21. The summed E-state index contributed by atoms with van der Waals surface area (Å²) in [7, 11) is 1.52. The quantitative estimate of drug-likeness (QED) is 0.209. The summed E-state index contributed by atoms with van der Waals surface area (Å²) in [6.45, 7) is 10.1. The summed E-state index contributed by atoms with van der Waals surface area (Å²) in [5, 5.41) is 12.8. The van der Waals surface area contributed by atoms with Crippen LogP contribution in [-0.2, 0) is 18.4 Å². The lowest BCUT2D eigenvalue weighted by molar-refractivity contribution is -0.330. The van der Waals surface area contributed by atoms with Gasteiger partial charge in [0.15, 0.2) is 5.65 Å². The number of aromatic nitrogens is 7. The van der Waals surface area contributed by atoms with Crippen LogP contribution in [0.5, 0.6) is 17.8 Å². The van der Waals surface area contributed by atoms with Crippen molar-refractivity contribution in [3.8, 4) is 29.0 Å². The van der Waals surface area contributed by atoms with Crippen LogP contribution in [0.4, 0.5) is 22.0 Å². The lowest BCUT2D eigenvalue weighted by Gasteiger charge is -2.24. The standard InChI is InChI=1S/C27H30F5N7O4/c1-25(2,3)42-22-16(12-34-24(35-22)43-26(4,5)6)17-11-15-21(37-36-17)39(7)38-23(15)41-19(20(28)29)18-10-14(8-9-33-18)13-40-27(30,31)32/h8-12,19-20H,13H2,1-7H3/t19-/m1/s1. The van der Waals surface area contributed by atoms with Gasteiger partial charge in [-0.1, -0.05) is 0 Å². The number of alkyl halides is 5. The number of ether oxygens (including phenoxy) is 4. The Morgan fingerprint density at radius 3 is 2.23 bits per heavy atom. The molecule has 4 rings (SSSR count). The fourth-order valence-corrected chi connectivity index (χ4v) is 3.72. The SMILES string of the molecule is Cn1nc(O[C@H](c2cc(COC(F)(F)F)ccn2)C(F)F)c2cc(-c3cnc(OC(C)(C)C)nc3OC(C)(C)C)nnc21. The van der Waals surface area contributed by atoms with E-state index in [0.29, 0.717) is 5.56 Å². The highest BCUT2D eigenvalue weighted by Crippen LogP contribution is 2.35. The molecule has 0 fully saturated rings. The highest BCUT2D eigenvalue weighted by molar-refractivity contribution is 5.85. The van der Waals surface area contributed by atoms with E-state index in [1.165, 1.54) is 30.1 Å². The molecule has 0 spiro atoms. The van der Waals surface area contributed by atoms with E-state index in [4.69, 9.17) is 14.2 Å². The van der Waals surface area contributed by atoms with Crippen molar-refractivity contribution in [2.24, 2.45) is 7.05 Å². The fraction of sp³-hybridized carbons (Fsp3) is 0.481. The molecule has 4 aromatic heterocycles. The van der Waals surface area contributed by atoms with Gasteiger partial charge in [0.25, 0.3) is 6.43 Å². The average Bonchev–Trinajstić information content (AvgIpc) is 3.18. The van der Waals surface area contributed by atoms with Crippen LogP contribution in [0, 0.1) is 0 Å². The van der Waals surface area contributed by atoms with Crippen LogP contribution in [-0.4, -0.2) is 58.9 Å². The molecule has 0 aromatic carbocycles. The molecule has 0 saturated heterocycles. The van der Waals surface area contributed by atoms with Crippen LogP contribution in [0.25, 0.3) is 22.3 Å². The molecule has 0 saturated carbocycles. The summed E-state index contributed by atoms with van der Waals surface area (Å²) in [5.74, 6) is -0.0844. The Morgan fingerprint density at radius 1 is 0.907 bits per heavy atom. The molecule has 4 aromatic rings. The van der Waals surface area contributed by atoms with Crippen LogP contribution in [0.3, 0.4) is 0 Å². The van der Waals surface area contributed by atoms with Gasteiger partial charge in [-0.15, -0.1) is 28.5 Å². The predicted octanol–water partition coefficient (Wildman–Crippen LogP) is 5.99. The van der Waals surface area contributed by atoms with Gasteiger partial charge in [0.05, 0.1) is 23.3 Å². The number of nitrogens with zero attached hydrogens (tertiary/aromatic N) is 7. The zero-order chi connectivity index (χ0) is 31.7. The van der Waals surface area contributed by atoms with Crippen LogP contribution in [0.2, 0.25) is 0 Å². The lowest BCUT2D eigenvalue weighted by atomic mass is 10.1. The smallest absolute Gasteiger partial charge is 0.471 e. The van der Waals surface area contributed by atoms with Crippen LogP contribution < -0.4 is 14.2 Å². The van der Waals surface area contributed by atoms with Crippen molar-refractivity contribution in [1.29, 1.82) is 0 Å². The summed E-state index contributed by atoms with van der Waals surface area (Å²) in [6, 6.07) is 3.85. The Balaban J connectivity index is 1.73. The molecule has 0 radical (unpaired) electrons. The maximum Gasteiger partial charge on any atom is 0.522 e. The number of aryl methyl sites for hydroxylation is 1. The maximum absolute atomic E-state index is 14.2. The Morgan fingerprint density at radius 2 is 1.60 bits per heavy atom. The highest BCUT2D eigenvalue weighted by Gasteiger charge is 2.31. The second kappa shape index (κ2) is 11.8. The predicted molar refractivity (Wildman–Crippen MR) is 143 cm³/mol. The third kappa shape index (κ3) is 8.43. The fourth-order valence-electron chi connectivity index (χ4n) is 3.72. The van der Waals surface area contributed by atoms with E-state index in [0.717, 1.165) is 12.3 Å². The zero-order valence-corrected chi connectivity index (χ0v) is 24.4. The summed E-state index contributed by atoms with van der Waals surface area (Å²) in [5.41, 5.74) is -0.820. The van der Waals surface area contributed by atoms with E-state index in [2.05, 4.69) is 35.0 Å². The zero-order valence-electron chi connectivity index (χ0n) is 24.4. The van der Waals surface area contributed by atoms with Gasteiger partial charge in [-0.2, -0.15) is 4.98 Å². The number of pyridine rings is 1. The Bertz CT molecular complexity index is 1580. The first kappa shape index (κ1) is 31.7. The van der Waals surface area contributed by atoms with E-state index in [-0.39, 0.29) is 45.8 Å². The normalized spacial score (nSPS) is 13.4. The largest absolute Gasteiger partial charge is 0.522 e. The molecule has 0 aliphatic heterocycles. The Kier molecular flexibility index (Phi) is 8.72. The number of rotatable bonds is 9. The van der Waals surface area contributed by atoms with Gasteiger partial charge >= 0.3 is 12.4 Å². The van der Waals surface area contributed by atoms with Gasteiger partial charge < -0.3 is 14.2 Å². The molecule has 43 heavy (non-hydrogen) atoms. The summed E-state index contributed by atoms with van der Waals surface area (Å²) in [4.78, 5) is 12.6. The third-order valence-electron chi connectivity index (χ3n) is 5.37. The number of hydrogen-bond acceptors (Lipinski definition) is 10. The Labute approximate surface area is 243 Å². The minimum Gasteiger partial charge on any atom is -0.471 e. The van der Waals surface area contributed by atoms with Crippen molar-refractivity contribution in [3.05, 3.63) is 41.9 Å². The van der Waals surface area contributed by atoms with Crippen LogP contribution >= 0.6 is 0 Å². The summed E-state index contributed by atoms with van der Waals surface area (Å²) in [6.07, 6.45) is -7.45. The van der Waals surface area contributed by atoms with Gasteiger partial charge in [-0.3, -0.25) is 9.72 Å². The van der Waals surface area contributed by atoms with Crippen molar-refractivity contribution >= 4 is 11.0 Å². The first-order chi connectivity index (χ1) is 19.9. The topological polar surface area (TPSA) is 119 Å². The van der Waals surface area contributed by atoms with Gasteiger partial charge in [-0.25, -0.2) is 18.4 Å². The van der Waals surface area contributed by atoms with Crippen LogP contribution in [0.15, 0.2) is 30.6 Å². The monoisotopic (exact) mass is 611 g/mol. The molecule has 0 aliphatic carbocycles. The molecular weight excluding hydrogens is 581 g/mol. The molecule has 1 atom stereocenters. The van der Waals surface area contributed by atoms with Crippen LogP contribution in [0.1, 0.15) is 58.9 Å². The number of halogens is 5. The van der Waals surface area contributed by atoms with Crippen molar-refractivity contribution in [3.63, 3.8) is 0 Å². The van der Waals surface area contributed by atoms with E-state index < -0.39 is 36.7 Å². The summed E-state index contributed by atoms with van der Waals surface area (Å²) < 4.78 is 88.4. The van der Waals surface area contributed by atoms with Gasteiger partial charge in [0.1, 0.15) is 16.9 Å². The maximum atomic E-state index is 14.2. The molecule has 0 aliphatic rings. The van der Waals surface area contributed by atoms with Gasteiger partial charge in [-0.05, 0) is 65.3 Å². The van der Waals surface area contributed by atoms with Gasteiger partial charge in [0.2, 0.25) is 17.9 Å². The van der Waals surface area contributed by atoms with Crippen molar-refractivity contribution < 1.29 is 40.9 Å². The number of fused-ring (bicyclic) bond motifs is 1. The molecular formula is C27H30F5N7O4. The second-order valence-corrected chi connectivity index (χ2v) is 11.4. The third-order valence-corrected chi connectivity index (χ3v) is 5.37. The molecule has 16 heteroatoms. The molecule has 0 unspecified atom stereocenters. The van der Waals surface area contributed by atoms with Crippen molar-refractivity contribution in [2.75, 3.05) is 0 Å². The first-order valence-corrected chi connectivity index (χ1v) is 12.9. The average molecular weight is 612 g/mol. The highest BCUT2D eigenvalue weighted by atomic mass is 19.4. The minimum absolute atomic E-state index is 0.0270. The van der Waals surface area contributed by atoms with E-state index >= 15 is 0 Å². The minimum atomic E-state index is -4.89. The van der Waals surface area contributed by atoms with Gasteiger partial charge in [0, 0.05) is 19.4 Å². The molecule has 4 heterocycles. The van der Waals surface area contributed by atoms with E-state index in [9.17, 15) is 22.0 Å². The van der Waals surface area contributed by atoms with E-state index in [1.54, 1.807) is 0 Å². The molecule has 0 N–H and O–H groups in total. The molecule has 0 bridgehead atoms. The second-order valence-electron chi connectivity index (χ2n) is 11.4. The molecule has 0 amide bonds. The summed E-state index contributed by atoms with van der Waals surface area (Å²) >= 11 is 0. The number of hydrogen-bond donors (Lipinski definition) is 0. The first-order valence-electron chi connectivity index (χ1n) is 12.9.